The molecule has 1 atom stereocenters. The van der Waals surface area contributed by atoms with E-state index in [4.69, 9.17) is 0 Å². The first kappa shape index (κ1) is 19.4. The SMILES string of the molecule is CCNc1ccc(S(=O)(=O)N(C)C)cc1NC(=O)C(C)CNC. The zero-order chi connectivity index (χ0) is 17.6. The summed E-state index contributed by atoms with van der Waals surface area (Å²) in [6.45, 7) is 4.94. The molecule has 0 aromatic heterocycles. The number of hydrogen-bond donors (Lipinski definition) is 3. The highest BCUT2D eigenvalue weighted by Crippen LogP contribution is 2.27. The van der Waals surface area contributed by atoms with E-state index < -0.39 is 10.0 Å². The Balaban J connectivity index is 3.19. The van der Waals surface area contributed by atoms with Gasteiger partial charge in [-0.25, -0.2) is 12.7 Å². The Labute approximate surface area is 138 Å². The van der Waals surface area contributed by atoms with Crippen LogP contribution in [-0.4, -0.2) is 52.9 Å². The summed E-state index contributed by atoms with van der Waals surface area (Å²) in [6, 6.07) is 4.68. The third-order valence-electron chi connectivity index (χ3n) is 3.35. The number of anilines is 2. The van der Waals surface area contributed by atoms with E-state index in [0.717, 1.165) is 4.31 Å². The van der Waals surface area contributed by atoms with Gasteiger partial charge in [-0.2, -0.15) is 0 Å². The Hall–Kier alpha value is -1.64. The maximum absolute atomic E-state index is 12.3. The van der Waals surface area contributed by atoms with Crippen molar-refractivity contribution in [3.8, 4) is 0 Å². The van der Waals surface area contributed by atoms with Crippen LogP contribution < -0.4 is 16.0 Å². The van der Waals surface area contributed by atoms with Crippen LogP contribution >= 0.6 is 0 Å². The molecular weight excluding hydrogens is 316 g/mol. The summed E-state index contributed by atoms with van der Waals surface area (Å²) >= 11 is 0. The molecule has 8 heteroatoms. The van der Waals surface area contributed by atoms with Crippen molar-refractivity contribution in [1.82, 2.24) is 9.62 Å². The number of carbonyl (C=O) groups excluding carboxylic acids is 1. The number of carbonyl (C=O) groups is 1. The molecule has 0 aliphatic heterocycles. The minimum atomic E-state index is -3.56. The van der Waals surface area contributed by atoms with Gasteiger partial charge in [-0.05, 0) is 32.2 Å². The second-order valence-corrected chi connectivity index (χ2v) is 7.62. The van der Waals surface area contributed by atoms with E-state index in [0.29, 0.717) is 24.5 Å². The molecule has 0 aliphatic rings. The summed E-state index contributed by atoms with van der Waals surface area (Å²) in [6.07, 6.45) is 0. The number of benzene rings is 1. The molecule has 0 radical (unpaired) electrons. The molecule has 3 N–H and O–H groups in total. The third-order valence-corrected chi connectivity index (χ3v) is 5.16. The topological polar surface area (TPSA) is 90.5 Å². The molecule has 0 spiro atoms. The van der Waals surface area contributed by atoms with Crippen molar-refractivity contribution in [2.75, 3.05) is 44.9 Å². The molecule has 7 nitrogen and oxygen atoms in total. The highest BCUT2D eigenvalue weighted by molar-refractivity contribution is 7.89. The molecule has 0 heterocycles. The zero-order valence-corrected chi connectivity index (χ0v) is 15.1. The smallest absolute Gasteiger partial charge is 0.242 e. The summed E-state index contributed by atoms with van der Waals surface area (Å²) in [7, 11) is 1.17. The van der Waals surface area contributed by atoms with Crippen molar-refractivity contribution in [1.29, 1.82) is 0 Å². The fourth-order valence-electron chi connectivity index (χ4n) is 2.00. The number of sulfonamides is 1. The first-order valence-corrected chi connectivity index (χ1v) is 8.94. The average molecular weight is 342 g/mol. The Morgan fingerprint density at radius 1 is 1.26 bits per heavy atom. The fraction of sp³-hybridized carbons (Fsp3) is 0.533. The van der Waals surface area contributed by atoms with Gasteiger partial charge in [0, 0.05) is 33.1 Å². The maximum atomic E-state index is 12.3. The van der Waals surface area contributed by atoms with Crippen molar-refractivity contribution >= 4 is 27.3 Å². The summed E-state index contributed by atoms with van der Waals surface area (Å²) in [5.41, 5.74) is 1.15. The molecule has 0 fully saturated rings. The van der Waals surface area contributed by atoms with E-state index in [-0.39, 0.29) is 16.7 Å². The highest BCUT2D eigenvalue weighted by atomic mass is 32.2. The lowest BCUT2D eigenvalue weighted by molar-refractivity contribution is -0.119. The van der Waals surface area contributed by atoms with Crippen LogP contribution in [0.4, 0.5) is 11.4 Å². The van der Waals surface area contributed by atoms with Crippen LogP contribution in [0.2, 0.25) is 0 Å². The fourth-order valence-corrected chi connectivity index (χ4v) is 2.93. The summed E-state index contributed by atoms with van der Waals surface area (Å²) in [5.74, 6) is -0.401. The van der Waals surface area contributed by atoms with Crippen LogP contribution in [0.1, 0.15) is 13.8 Å². The molecule has 1 unspecified atom stereocenters. The number of rotatable bonds is 8. The second kappa shape index (κ2) is 8.28. The molecular formula is C15H26N4O3S. The highest BCUT2D eigenvalue weighted by Gasteiger charge is 2.20. The van der Waals surface area contributed by atoms with Crippen molar-refractivity contribution in [3.63, 3.8) is 0 Å². The van der Waals surface area contributed by atoms with Gasteiger partial charge in [-0.3, -0.25) is 4.79 Å². The van der Waals surface area contributed by atoms with Crippen molar-refractivity contribution in [3.05, 3.63) is 18.2 Å². The summed E-state index contributed by atoms with van der Waals surface area (Å²) in [5, 5.41) is 8.87. The predicted octanol–water partition coefficient (Wildman–Crippen LogP) is 1.16. The van der Waals surface area contributed by atoms with E-state index >= 15 is 0 Å². The molecule has 0 saturated heterocycles. The molecule has 0 aliphatic carbocycles. The molecule has 130 valence electrons. The molecule has 0 saturated carbocycles. The largest absolute Gasteiger partial charge is 0.384 e. The number of hydrogen-bond acceptors (Lipinski definition) is 5. The molecule has 23 heavy (non-hydrogen) atoms. The van der Waals surface area contributed by atoms with Gasteiger partial charge in [-0.1, -0.05) is 6.92 Å². The van der Waals surface area contributed by atoms with Crippen molar-refractivity contribution < 1.29 is 13.2 Å². The lowest BCUT2D eigenvalue weighted by Gasteiger charge is -2.18. The van der Waals surface area contributed by atoms with Gasteiger partial charge in [0.1, 0.15) is 0 Å². The first-order valence-electron chi connectivity index (χ1n) is 7.50. The molecule has 1 aromatic carbocycles. The monoisotopic (exact) mass is 342 g/mol. The Kier molecular flexibility index (Phi) is 6.99. The van der Waals surface area contributed by atoms with E-state index in [1.54, 1.807) is 20.0 Å². The van der Waals surface area contributed by atoms with E-state index in [9.17, 15) is 13.2 Å². The van der Waals surface area contributed by atoms with Crippen molar-refractivity contribution in [2.45, 2.75) is 18.7 Å². The van der Waals surface area contributed by atoms with Crippen LogP contribution in [0.5, 0.6) is 0 Å². The molecule has 1 amide bonds. The normalized spacial score (nSPS) is 13.0. The number of amides is 1. The standard InChI is InChI=1S/C15H26N4O3S/c1-6-17-13-8-7-12(23(21,22)19(4)5)9-14(13)18-15(20)11(2)10-16-3/h7-9,11,16-17H,6,10H2,1-5H3,(H,18,20). The summed E-state index contributed by atoms with van der Waals surface area (Å²) < 4.78 is 25.7. The van der Waals surface area contributed by atoms with E-state index in [1.165, 1.54) is 26.2 Å². The van der Waals surface area contributed by atoms with Crippen molar-refractivity contribution in [2.24, 2.45) is 5.92 Å². The van der Waals surface area contributed by atoms with Gasteiger partial charge in [0.25, 0.3) is 0 Å². The van der Waals surface area contributed by atoms with E-state index in [2.05, 4.69) is 16.0 Å². The van der Waals surface area contributed by atoms with Gasteiger partial charge in [-0.15, -0.1) is 0 Å². The lowest BCUT2D eigenvalue weighted by atomic mass is 10.1. The lowest BCUT2D eigenvalue weighted by Crippen LogP contribution is -2.29. The third kappa shape index (κ3) is 4.92. The van der Waals surface area contributed by atoms with Gasteiger partial charge < -0.3 is 16.0 Å². The van der Waals surface area contributed by atoms with E-state index in [1.807, 2.05) is 6.92 Å². The minimum absolute atomic E-state index is 0.140. The minimum Gasteiger partial charge on any atom is -0.384 e. The van der Waals surface area contributed by atoms with Gasteiger partial charge >= 0.3 is 0 Å². The van der Waals surface area contributed by atoms with Crippen LogP contribution in [0.25, 0.3) is 0 Å². The van der Waals surface area contributed by atoms with Crippen LogP contribution in [0, 0.1) is 5.92 Å². The average Bonchev–Trinajstić information content (AvgIpc) is 2.49. The summed E-state index contributed by atoms with van der Waals surface area (Å²) in [4.78, 5) is 12.4. The molecule has 1 rings (SSSR count). The molecule has 0 bridgehead atoms. The molecule has 1 aromatic rings. The van der Waals surface area contributed by atoms with Crippen LogP contribution in [0.3, 0.4) is 0 Å². The second-order valence-electron chi connectivity index (χ2n) is 5.47. The number of nitrogens with zero attached hydrogens (tertiary/aromatic N) is 1. The zero-order valence-electron chi connectivity index (χ0n) is 14.3. The van der Waals surface area contributed by atoms with Crippen LogP contribution in [-0.2, 0) is 14.8 Å². The Morgan fingerprint density at radius 3 is 2.43 bits per heavy atom. The van der Waals surface area contributed by atoms with Gasteiger partial charge in [0.2, 0.25) is 15.9 Å². The first-order chi connectivity index (χ1) is 10.7. The Bertz CT molecular complexity index is 644. The van der Waals surface area contributed by atoms with Gasteiger partial charge in [0.05, 0.1) is 16.3 Å². The predicted molar refractivity (Wildman–Crippen MR) is 93.2 cm³/mol. The maximum Gasteiger partial charge on any atom is 0.242 e. The Morgan fingerprint density at radius 2 is 1.91 bits per heavy atom. The number of nitrogens with one attached hydrogen (secondary N) is 3. The quantitative estimate of drug-likeness (QED) is 0.660. The van der Waals surface area contributed by atoms with Gasteiger partial charge in [0.15, 0.2) is 0 Å². The van der Waals surface area contributed by atoms with Crippen LogP contribution in [0.15, 0.2) is 23.1 Å².